The van der Waals surface area contributed by atoms with Gasteiger partial charge in [-0.1, -0.05) is 6.92 Å². The lowest BCUT2D eigenvalue weighted by Gasteiger charge is -2.08. The molecule has 0 saturated heterocycles. The molecule has 0 spiro atoms. The largest absolute Gasteiger partial charge is 0.467 e. The summed E-state index contributed by atoms with van der Waals surface area (Å²) in [6.07, 6.45) is 1.90. The fourth-order valence-electron chi connectivity index (χ4n) is 1.26. The molecule has 1 rings (SSSR count). The number of hydrogen-bond acceptors (Lipinski definition) is 7. The number of methoxy groups -OCH3 is 2. The van der Waals surface area contributed by atoms with Crippen LogP contribution in [0.1, 0.15) is 19.8 Å². The van der Waals surface area contributed by atoms with E-state index in [0.29, 0.717) is 24.5 Å². The van der Waals surface area contributed by atoms with Gasteiger partial charge < -0.3 is 20.1 Å². The number of rotatable bonds is 9. The van der Waals surface area contributed by atoms with Gasteiger partial charge in [-0.3, -0.25) is 0 Å². The van der Waals surface area contributed by atoms with Gasteiger partial charge in [-0.25, -0.2) is 0 Å². The second-order valence-corrected chi connectivity index (χ2v) is 3.67. The minimum atomic E-state index is 0.304. The molecule has 0 saturated carbocycles. The molecule has 7 heteroatoms. The van der Waals surface area contributed by atoms with Crippen LogP contribution in [0.3, 0.4) is 0 Å². The summed E-state index contributed by atoms with van der Waals surface area (Å²) in [5.41, 5.74) is 0. The minimum Gasteiger partial charge on any atom is -0.467 e. The number of ether oxygens (including phenoxy) is 2. The van der Waals surface area contributed by atoms with Crippen molar-refractivity contribution in [3.63, 3.8) is 0 Å². The fourth-order valence-corrected chi connectivity index (χ4v) is 1.26. The summed E-state index contributed by atoms with van der Waals surface area (Å²) >= 11 is 0. The van der Waals surface area contributed by atoms with Crippen molar-refractivity contribution in [1.29, 1.82) is 0 Å². The van der Waals surface area contributed by atoms with Crippen LogP contribution in [0.25, 0.3) is 0 Å². The Labute approximate surface area is 107 Å². The monoisotopic (exact) mass is 255 g/mol. The van der Waals surface area contributed by atoms with Crippen LogP contribution < -0.4 is 15.4 Å². The van der Waals surface area contributed by atoms with Crippen molar-refractivity contribution >= 4 is 11.9 Å². The Morgan fingerprint density at radius 2 is 1.67 bits per heavy atom. The highest BCUT2D eigenvalue weighted by molar-refractivity contribution is 5.35. The zero-order chi connectivity index (χ0) is 13.2. The van der Waals surface area contributed by atoms with E-state index in [-0.39, 0.29) is 0 Å². The van der Waals surface area contributed by atoms with Gasteiger partial charge in [0.25, 0.3) is 0 Å². The highest BCUT2D eigenvalue weighted by atomic mass is 16.5. The number of nitrogens with zero attached hydrogens (tertiary/aromatic N) is 3. The second-order valence-electron chi connectivity index (χ2n) is 3.67. The molecule has 1 aromatic rings. The molecule has 1 aromatic heterocycles. The summed E-state index contributed by atoms with van der Waals surface area (Å²) in [6, 6.07) is 0.304. The number of anilines is 2. The first-order chi connectivity index (χ1) is 8.80. The molecular formula is C11H21N5O2. The van der Waals surface area contributed by atoms with E-state index in [1.165, 1.54) is 7.11 Å². The van der Waals surface area contributed by atoms with Crippen molar-refractivity contribution in [2.45, 2.75) is 19.8 Å². The van der Waals surface area contributed by atoms with Gasteiger partial charge in [-0.05, 0) is 12.8 Å². The van der Waals surface area contributed by atoms with Crippen LogP contribution in [0.5, 0.6) is 6.01 Å². The van der Waals surface area contributed by atoms with E-state index in [2.05, 4.69) is 32.5 Å². The van der Waals surface area contributed by atoms with E-state index in [1.807, 2.05) is 0 Å². The summed E-state index contributed by atoms with van der Waals surface area (Å²) in [4.78, 5) is 12.5. The van der Waals surface area contributed by atoms with E-state index in [0.717, 1.165) is 25.9 Å². The zero-order valence-electron chi connectivity index (χ0n) is 11.2. The predicted octanol–water partition coefficient (Wildman–Crippen LogP) is 1.15. The highest BCUT2D eigenvalue weighted by Gasteiger charge is 2.05. The molecule has 0 amide bonds. The minimum absolute atomic E-state index is 0.304. The molecular weight excluding hydrogens is 234 g/mol. The molecule has 18 heavy (non-hydrogen) atoms. The normalized spacial score (nSPS) is 10.2. The lowest BCUT2D eigenvalue weighted by molar-refractivity contribution is 0.197. The fraction of sp³-hybridized carbons (Fsp3) is 0.727. The first kappa shape index (κ1) is 14.4. The molecule has 102 valence electrons. The molecule has 0 atom stereocenters. The third-order valence-corrected chi connectivity index (χ3v) is 2.14. The summed E-state index contributed by atoms with van der Waals surface area (Å²) in [7, 11) is 3.21. The van der Waals surface area contributed by atoms with Crippen LogP contribution in [0.4, 0.5) is 11.9 Å². The van der Waals surface area contributed by atoms with Gasteiger partial charge in [0, 0.05) is 26.8 Å². The van der Waals surface area contributed by atoms with Gasteiger partial charge in [0.1, 0.15) is 0 Å². The van der Waals surface area contributed by atoms with Gasteiger partial charge in [0.15, 0.2) is 0 Å². The smallest absolute Gasteiger partial charge is 0.322 e. The average Bonchev–Trinajstić information content (AvgIpc) is 2.41. The van der Waals surface area contributed by atoms with Crippen LogP contribution in [0.2, 0.25) is 0 Å². The average molecular weight is 255 g/mol. The van der Waals surface area contributed by atoms with Crippen molar-refractivity contribution in [2.75, 3.05) is 44.5 Å². The summed E-state index contributed by atoms with van der Waals surface area (Å²) in [6.45, 7) is 4.34. The van der Waals surface area contributed by atoms with E-state index in [1.54, 1.807) is 7.11 Å². The Kier molecular flexibility index (Phi) is 6.78. The van der Waals surface area contributed by atoms with Gasteiger partial charge in [-0.15, -0.1) is 0 Å². The van der Waals surface area contributed by atoms with Crippen molar-refractivity contribution in [3.05, 3.63) is 0 Å². The van der Waals surface area contributed by atoms with Crippen molar-refractivity contribution in [3.8, 4) is 6.01 Å². The van der Waals surface area contributed by atoms with Crippen LogP contribution in [-0.4, -0.2) is 48.9 Å². The Morgan fingerprint density at radius 1 is 1.00 bits per heavy atom. The van der Waals surface area contributed by atoms with E-state index in [4.69, 9.17) is 9.47 Å². The summed E-state index contributed by atoms with van der Waals surface area (Å²) in [5.74, 6) is 1.04. The van der Waals surface area contributed by atoms with Crippen LogP contribution in [0, 0.1) is 0 Å². The molecule has 0 aromatic carbocycles. The number of hydrogen-bond donors (Lipinski definition) is 2. The Bertz CT molecular complexity index is 348. The topological polar surface area (TPSA) is 81.2 Å². The van der Waals surface area contributed by atoms with E-state index < -0.39 is 0 Å². The SMILES string of the molecule is CCCNc1nc(NCCCOC)nc(OC)n1. The molecule has 0 bridgehead atoms. The lowest BCUT2D eigenvalue weighted by atomic mass is 10.4. The predicted molar refractivity (Wildman–Crippen MR) is 70.1 cm³/mol. The third kappa shape index (κ3) is 5.13. The molecule has 0 radical (unpaired) electrons. The molecule has 0 aliphatic heterocycles. The van der Waals surface area contributed by atoms with Crippen molar-refractivity contribution in [1.82, 2.24) is 15.0 Å². The molecule has 0 unspecified atom stereocenters. The van der Waals surface area contributed by atoms with Crippen LogP contribution in [0.15, 0.2) is 0 Å². The van der Waals surface area contributed by atoms with Gasteiger partial charge in [-0.2, -0.15) is 15.0 Å². The van der Waals surface area contributed by atoms with Gasteiger partial charge in [0.2, 0.25) is 11.9 Å². The quantitative estimate of drug-likeness (QED) is 0.640. The summed E-state index contributed by atoms with van der Waals surface area (Å²) < 4.78 is 10.0. The maximum Gasteiger partial charge on any atom is 0.322 e. The molecule has 0 aliphatic carbocycles. The standard InChI is InChI=1S/C11H21N5O2/c1-4-6-12-9-14-10(13-7-5-8-17-2)16-11(15-9)18-3/h4-8H2,1-3H3,(H2,12,13,14,15,16). The first-order valence-corrected chi connectivity index (χ1v) is 6.07. The van der Waals surface area contributed by atoms with Crippen LogP contribution in [-0.2, 0) is 4.74 Å². The second kappa shape index (κ2) is 8.46. The summed E-state index contributed by atoms with van der Waals surface area (Å²) in [5, 5.41) is 6.21. The van der Waals surface area contributed by atoms with Crippen LogP contribution >= 0.6 is 0 Å². The molecule has 2 N–H and O–H groups in total. The maximum atomic E-state index is 5.04. The van der Waals surface area contributed by atoms with Gasteiger partial charge >= 0.3 is 6.01 Å². The van der Waals surface area contributed by atoms with Crippen molar-refractivity contribution in [2.24, 2.45) is 0 Å². The molecule has 1 heterocycles. The molecule has 7 nitrogen and oxygen atoms in total. The third-order valence-electron chi connectivity index (χ3n) is 2.14. The lowest BCUT2D eigenvalue weighted by Crippen LogP contribution is -2.12. The Morgan fingerprint density at radius 3 is 2.22 bits per heavy atom. The van der Waals surface area contributed by atoms with E-state index >= 15 is 0 Å². The first-order valence-electron chi connectivity index (χ1n) is 6.07. The van der Waals surface area contributed by atoms with Gasteiger partial charge in [0.05, 0.1) is 7.11 Å². The molecule has 0 aliphatic rings. The van der Waals surface area contributed by atoms with Crippen molar-refractivity contribution < 1.29 is 9.47 Å². The maximum absolute atomic E-state index is 5.04. The number of aromatic nitrogens is 3. The Hall–Kier alpha value is -1.63. The highest BCUT2D eigenvalue weighted by Crippen LogP contribution is 2.10. The number of nitrogens with one attached hydrogen (secondary N) is 2. The Balaban J connectivity index is 2.58. The molecule has 0 fully saturated rings. The zero-order valence-corrected chi connectivity index (χ0v) is 11.2. The van der Waals surface area contributed by atoms with E-state index in [9.17, 15) is 0 Å².